The van der Waals surface area contributed by atoms with Gasteiger partial charge in [-0.3, -0.25) is 24.1 Å². The van der Waals surface area contributed by atoms with Crippen LogP contribution in [0.3, 0.4) is 0 Å². The molecule has 0 aromatic heterocycles. The number of hydrogen-bond acceptors (Lipinski definition) is 4. The topological polar surface area (TPSA) is 86.8 Å². The van der Waals surface area contributed by atoms with Gasteiger partial charge in [0.05, 0.1) is 11.8 Å². The van der Waals surface area contributed by atoms with E-state index in [1.165, 1.54) is 21.9 Å². The molecule has 1 N–H and O–H groups in total. The quantitative estimate of drug-likeness (QED) is 0.359. The molecule has 1 saturated carbocycles. The van der Waals surface area contributed by atoms with E-state index in [1.807, 2.05) is 42.5 Å². The van der Waals surface area contributed by atoms with E-state index < -0.39 is 6.04 Å². The van der Waals surface area contributed by atoms with Crippen molar-refractivity contribution in [3.8, 4) is 0 Å². The van der Waals surface area contributed by atoms with Crippen molar-refractivity contribution in [2.45, 2.75) is 70.0 Å². The second-order valence-corrected chi connectivity index (χ2v) is 11.1. The van der Waals surface area contributed by atoms with Gasteiger partial charge in [0.1, 0.15) is 11.9 Å². The molecule has 40 heavy (non-hydrogen) atoms. The highest BCUT2D eigenvalue weighted by Gasteiger charge is 2.47. The van der Waals surface area contributed by atoms with Gasteiger partial charge in [0.25, 0.3) is 0 Å². The molecule has 2 aromatic rings. The maximum absolute atomic E-state index is 13.9. The molecule has 8 heteroatoms. The Labute approximate surface area is 234 Å². The zero-order valence-electron chi connectivity index (χ0n) is 22.6. The summed E-state index contributed by atoms with van der Waals surface area (Å²) in [7, 11) is 0. The summed E-state index contributed by atoms with van der Waals surface area (Å²) < 4.78 is 13.7. The summed E-state index contributed by atoms with van der Waals surface area (Å²) in [5.74, 6) is -2.11. The van der Waals surface area contributed by atoms with E-state index in [9.17, 15) is 23.6 Å². The minimum atomic E-state index is -0.808. The Morgan fingerprint density at radius 1 is 0.900 bits per heavy atom. The number of carbonyl (C=O) groups excluding carboxylic acids is 4. The standard InChI is InChI=1S/C32H36FN3O4/c33-24-16-14-23(15-17-24)21-36(29(37)18-19-35-31(39)26-12-6-7-13-27(26)32(35)40)28(20-22-8-2-1-3-9-22)30(38)34-25-10-4-5-11-25/h1-3,6-9,14-17,25-28H,4-5,10-13,18-21H2,(H,34,38)/t26-,27+,28-/m1/s1. The third kappa shape index (κ3) is 6.32. The summed E-state index contributed by atoms with van der Waals surface area (Å²) in [6.45, 7) is 0.0808. The van der Waals surface area contributed by atoms with Crippen LogP contribution in [0.15, 0.2) is 66.7 Å². The van der Waals surface area contributed by atoms with Gasteiger partial charge in [-0.25, -0.2) is 4.39 Å². The average molecular weight is 546 g/mol. The van der Waals surface area contributed by atoms with Gasteiger partial charge in [-0.05, 0) is 48.9 Å². The molecule has 2 fully saturated rings. The number of benzene rings is 2. The Bertz CT molecular complexity index is 1230. The Hall–Kier alpha value is -3.81. The maximum Gasteiger partial charge on any atom is 0.243 e. The normalized spacial score (nSPS) is 21.4. The minimum absolute atomic E-state index is 0.0221. The number of likely N-dealkylation sites (tertiary alicyclic amines) is 1. The van der Waals surface area contributed by atoms with Gasteiger partial charge < -0.3 is 10.2 Å². The fourth-order valence-electron chi connectivity index (χ4n) is 6.15. The highest BCUT2D eigenvalue weighted by atomic mass is 19.1. The van der Waals surface area contributed by atoms with Crippen LogP contribution in [0.4, 0.5) is 4.39 Å². The molecule has 2 aliphatic carbocycles. The third-order valence-corrected chi connectivity index (χ3v) is 8.39. The van der Waals surface area contributed by atoms with Crippen molar-refractivity contribution in [1.82, 2.24) is 15.1 Å². The molecule has 7 nitrogen and oxygen atoms in total. The fraction of sp³-hybridized carbons (Fsp3) is 0.438. The van der Waals surface area contributed by atoms with E-state index in [4.69, 9.17) is 0 Å². The van der Waals surface area contributed by atoms with Gasteiger partial charge in [0.15, 0.2) is 0 Å². The SMILES string of the molecule is O=C(NC1CCCC1)[C@@H](Cc1ccccc1)N(Cc1ccc(F)cc1)C(=O)CCN1C(=O)[C@H]2CC=CC[C@H]2C1=O. The molecule has 1 aliphatic heterocycles. The molecule has 0 unspecified atom stereocenters. The Morgan fingerprint density at radius 3 is 2.15 bits per heavy atom. The number of hydrogen-bond donors (Lipinski definition) is 1. The Morgan fingerprint density at radius 2 is 1.52 bits per heavy atom. The Balaban J connectivity index is 1.38. The van der Waals surface area contributed by atoms with Crippen molar-refractivity contribution in [2.75, 3.05) is 6.54 Å². The second kappa shape index (κ2) is 12.6. The van der Waals surface area contributed by atoms with Gasteiger partial charge in [0, 0.05) is 32.0 Å². The van der Waals surface area contributed by atoms with Crippen LogP contribution in [0.2, 0.25) is 0 Å². The maximum atomic E-state index is 13.9. The molecular weight excluding hydrogens is 509 g/mol. The van der Waals surface area contributed by atoms with Crippen molar-refractivity contribution in [1.29, 1.82) is 0 Å². The first-order valence-corrected chi connectivity index (χ1v) is 14.3. The van der Waals surface area contributed by atoms with E-state index >= 15 is 0 Å². The lowest BCUT2D eigenvalue weighted by Gasteiger charge is -2.33. The van der Waals surface area contributed by atoms with Crippen molar-refractivity contribution in [3.05, 3.63) is 83.7 Å². The molecule has 1 saturated heterocycles. The number of rotatable bonds is 10. The summed E-state index contributed by atoms with van der Waals surface area (Å²) in [5.41, 5.74) is 1.60. The van der Waals surface area contributed by atoms with Crippen LogP contribution in [0.25, 0.3) is 0 Å². The number of fused-ring (bicyclic) bond motifs is 1. The fourth-order valence-corrected chi connectivity index (χ4v) is 6.15. The molecular formula is C32H36FN3O4. The molecule has 5 rings (SSSR count). The van der Waals surface area contributed by atoms with E-state index in [0.29, 0.717) is 24.8 Å². The molecule has 2 aromatic carbocycles. The van der Waals surface area contributed by atoms with E-state index in [-0.39, 0.29) is 66.8 Å². The van der Waals surface area contributed by atoms with Crippen molar-refractivity contribution in [3.63, 3.8) is 0 Å². The monoisotopic (exact) mass is 545 g/mol. The number of nitrogens with zero attached hydrogens (tertiary/aromatic N) is 2. The minimum Gasteiger partial charge on any atom is -0.352 e. The van der Waals surface area contributed by atoms with Gasteiger partial charge in [-0.1, -0.05) is 67.5 Å². The summed E-state index contributed by atoms with van der Waals surface area (Å²) in [6.07, 6.45) is 9.10. The molecule has 0 radical (unpaired) electrons. The number of imide groups is 1. The molecule has 210 valence electrons. The van der Waals surface area contributed by atoms with Crippen LogP contribution < -0.4 is 5.32 Å². The molecule has 4 amide bonds. The smallest absolute Gasteiger partial charge is 0.243 e. The van der Waals surface area contributed by atoms with Gasteiger partial charge in [0.2, 0.25) is 23.6 Å². The molecule has 0 spiro atoms. The highest BCUT2D eigenvalue weighted by Crippen LogP contribution is 2.35. The molecule has 1 heterocycles. The van der Waals surface area contributed by atoms with Crippen LogP contribution >= 0.6 is 0 Å². The van der Waals surface area contributed by atoms with Crippen molar-refractivity contribution < 1.29 is 23.6 Å². The van der Waals surface area contributed by atoms with Crippen molar-refractivity contribution in [2.24, 2.45) is 11.8 Å². The molecule has 3 atom stereocenters. The van der Waals surface area contributed by atoms with Crippen LogP contribution in [0, 0.1) is 17.7 Å². The summed E-state index contributed by atoms with van der Waals surface area (Å²) in [5, 5.41) is 3.16. The lowest BCUT2D eigenvalue weighted by molar-refractivity contribution is -0.144. The zero-order chi connectivity index (χ0) is 28.1. The first-order valence-electron chi connectivity index (χ1n) is 14.3. The molecule has 0 bridgehead atoms. The number of carbonyl (C=O) groups is 4. The van der Waals surface area contributed by atoms with Crippen LogP contribution in [0.5, 0.6) is 0 Å². The van der Waals surface area contributed by atoms with E-state index in [2.05, 4.69) is 5.32 Å². The first-order chi connectivity index (χ1) is 19.4. The van der Waals surface area contributed by atoms with Crippen LogP contribution in [-0.4, -0.2) is 52.1 Å². The lowest BCUT2D eigenvalue weighted by atomic mass is 9.85. The average Bonchev–Trinajstić information content (AvgIpc) is 3.57. The van der Waals surface area contributed by atoms with Gasteiger partial charge in [-0.15, -0.1) is 0 Å². The summed E-state index contributed by atoms with van der Waals surface area (Å²) in [4.78, 5) is 56.3. The number of nitrogens with one attached hydrogen (secondary N) is 1. The predicted molar refractivity (Wildman–Crippen MR) is 148 cm³/mol. The summed E-state index contributed by atoms with van der Waals surface area (Å²) in [6, 6.07) is 14.7. The number of amides is 4. The van der Waals surface area contributed by atoms with Gasteiger partial charge in [-0.2, -0.15) is 0 Å². The van der Waals surface area contributed by atoms with Gasteiger partial charge >= 0.3 is 0 Å². The van der Waals surface area contributed by atoms with Crippen LogP contribution in [-0.2, 0) is 32.1 Å². The first kappa shape index (κ1) is 27.7. The number of allylic oxidation sites excluding steroid dienone is 2. The summed E-state index contributed by atoms with van der Waals surface area (Å²) >= 11 is 0. The Kier molecular flexibility index (Phi) is 8.72. The number of halogens is 1. The third-order valence-electron chi connectivity index (χ3n) is 8.39. The van der Waals surface area contributed by atoms with E-state index in [1.54, 1.807) is 12.1 Å². The second-order valence-electron chi connectivity index (χ2n) is 11.1. The largest absolute Gasteiger partial charge is 0.352 e. The van der Waals surface area contributed by atoms with Crippen molar-refractivity contribution >= 4 is 23.6 Å². The molecule has 3 aliphatic rings. The van der Waals surface area contributed by atoms with Crippen LogP contribution in [0.1, 0.15) is 56.1 Å². The predicted octanol–water partition coefficient (Wildman–Crippen LogP) is 4.17. The van der Waals surface area contributed by atoms with E-state index in [0.717, 1.165) is 31.2 Å². The lowest BCUT2D eigenvalue weighted by Crippen LogP contribution is -2.52. The highest BCUT2D eigenvalue weighted by molar-refractivity contribution is 6.05. The zero-order valence-corrected chi connectivity index (χ0v) is 22.6.